The van der Waals surface area contributed by atoms with Crippen LogP contribution in [0.2, 0.25) is 0 Å². The molecule has 1 aromatic rings. The van der Waals surface area contributed by atoms with E-state index in [1.165, 1.54) is 0 Å². The van der Waals surface area contributed by atoms with Crippen molar-refractivity contribution in [2.45, 2.75) is 24.5 Å². The molecule has 1 aromatic carbocycles. The van der Waals surface area contributed by atoms with Crippen LogP contribution in [-0.2, 0) is 5.60 Å². The van der Waals surface area contributed by atoms with Crippen molar-refractivity contribution in [2.75, 3.05) is 0 Å². The second kappa shape index (κ2) is 5.64. The Morgan fingerprint density at radius 2 is 1.81 bits per heavy atom. The van der Waals surface area contributed by atoms with E-state index in [-0.39, 0.29) is 0 Å². The van der Waals surface area contributed by atoms with Crippen LogP contribution >= 0.6 is 0 Å². The Balaban J connectivity index is 3.05. The minimum atomic E-state index is -1.28. The van der Waals surface area contributed by atoms with Crippen LogP contribution in [0.1, 0.15) is 18.4 Å². The van der Waals surface area contributed by atoms with Gasteiger partial charge in [-0.3, -0.25) is 0 Å². The third-order valence-corrected chi connectivity index (χ3v) is 2.67. The third kappa shape index (κ3) is 2.60. The molecule has 0 saturated heterocycles. The van der Waals surface area contributed by atoms with Gasteiger partial charge in [0.05, 0.1) is 6.10 Å². The van der Waals surface area contributed by atoms with Gasteiger partial charge in [-0.15, -0.1) is 13.2 Å². The third-order valence-electron chi connectivity index (χ3n) is 2.67. The standard InChI is InChI=1S/C14H18O2/c1-3-8-13(15)14(16,11-4-2)12-9-6-5-7-10-12/h3-7,9-10,13,15-16H,1-2,8,11H2/t13?,14-/m0/s1. The Hall–Kier alpha value is -1.38. The summed E-state index contributed by atoms with van der Waals surface area (Å²) in [6, 6.07) is 9.15. The van der Waals surface area contributed by atoms with Crippen LogP contribution in [0, 0.1) is 0 Å². The highest BCUT2D eigenvalue weighted by molar-refractivity contribution is 5.25. The van der Waals surface area contributed by atoms with Crippen LogP contribution in [0.4, 0.5) is 0 Å². The van der Waals surface area contributed by atoms with E-state index < -0.39 is 11.7 Å². The van der Waals surface area contributed by atoms with Gasteiger partial charge in [-0.05, 0) is 12.0 Å². The van der Waals surface area contributed by atoms with Crippen molar-refractivity contribution in [1.29, 1.82) is 0 Å². The van der Waals surface area contributed by atoms with Gasteiger partial charge in [0.15, 0.2) is 0 Å². The van der Waals surface area contributed by atoms with Gasteiger partial charge in [-0.25, -0.2) is 0 Å². The van der Waals surface area contributed by atoms with Gasteiger partial charge < -0.3 is 10.2 Å². The van der Waals surface area contributed by atoms with Crippen LogP contribution in [0.25, 0.3) is 0 Å². The van der Waals surface area contributed by atoms with E-state index in [0.29, 0.717) is 18.4 Å². The largest absolute Gasteiger partial charge is 0.389 e. The Labute approximate surface area is 96.6 Å². The summed E-state index contributed by atoms with van der Waals surface area (Å²) in [4.78, 5) is 0. The Morgan fingerprint density at radius 3 is 2.31 bits per heavy atom. The van der Waals surface area contributed by atoms with Gasteiger partial charge in [-0.2, -0.15) is 0 Å². The van der Waals surface area contributed by atoms with Crippen LogP contribution < -0.4 is 0 Å². The van der Waals surface area contributed by atoms with Crippen molar-refractivity contribution >= 4 is 0 Å². The molecule has 16 heavy (non-hydrogen) atoms. The minimum Gasteiger partial charge on any atom is -0.389 e. The predicted molar refractivity (Wildman–Crippen MR) is 66.0 cm³/mol. The molecular weight excluding hydrogens is 200 g/mol. The summed E-state index contributed by atoms with van der Waals surface area (Å²) < 4.78 is 0. The lowest BCUT2D eigenvalue weighted by molar-refractivity contribution is -0.0766. The highest BCUT2D eigenvalue weighted by Gasteiger charge is 2.35. The van der Waals surface area contributed by atoms with Crippen LogP contribution in [0.15, 0.2) is 55.6 Å². The van der Waals surface area contributed by atoms with E-state index in [1.807, 2.05) is 18.2 Å². The average molecular weight is 218 g/mol. The van der Waals surface area contributed by atoms with Gasteiger partial charge >= 0.3 is 0 Å². The van der Waals surface area contributed by atoms with Crippen molar-refractivity contribution in [3.8, 4) is 0 Å². The molecule has 2 N–H and O–H groups in total. The fraction of sp³-hybridized carbons (Fsp3) is 0.286. The number of rotatable bonds is 6. The monoisotopic (exact) mass is 218 g/mol. The molecule has 86 valence electrons. The minimum absolute atomic E-state index is 0.312. The summed E-state index contributed by atoms with van der Waals surface area (Å²) in [5.41, 5.74) is -0.582. The first kappa shape index (κ1) is 12.7. The lowest BCUT2D eigenvalue weighted by Gasteiger charge is -2.32. The Morgan fingerprint density at radius 1 is 1.19 bits per heavy atom. The van der Waals surface area contributed by atoms with E-state index in [1.54, 1.807) is 24.3 Å². The molecule has 0 amide bonds. The fourth-order valence-corrected chi connectivity index (χ4v) is 1.75. The van der Waals surface area contributed by atoms with Gasteiger partial charge in [0.2, 0.25) is 0 Å². The summed E-state index contributed by atoms with van der Waals surface area (Å²) in [7, 11) is 0. The molecule has 0 aliphatic rings. The fourth-order valence-electron chi connectivity index (χ4n) is 1.75. The number of hydrogen-bond acceptors (Lipinski definition) is 2. The molecule has 0 saturated carbocycles. The first-order chi connectivity index (χ1) is 7.65. The van der Waals surface area contributed by atoms with Crippen molar-refractivity contribution in [2.24, 2.45) is 0 Å². The number of aliphatic hydroxyl groups excluding tert-OH is 1. The zero-order valence-electron chi connectivity index (χ0n) is 9.34. The smallest absolute Gasteiger partial charge is 0.119 e. The molecule has 0 aliphatic heterocycles. The van der Waals surface area contributed by atoms with E-state index in [4.69, 9.17) is 0 Å². The van der Waals surface area contributed by atoms with Gasteiger partial charge in [0.25, 0.3) is 0 Å². The quantitative estimate of drug-likeness (QED) is 0.720. The van der Waals surface area contributed by atoms with Crippen molar-refractivity contribution in [1.82, 2.24) is 0 Å². The molecule has 0 radical (unpaired) electrons. The Bertz CT molecular complexity index is 345. The summed E-state index contributed by atoms with van der Waals surface area (Å²) in [6.07, 6.45) is 3.00. The second-order valence-corrected chi connectivity index (χ2v) is 3.82. The maximum Gasteiger partial charge on any atom is 0.119 e. The molecule has 0 bridgehead atoms. The van der Waals surface area contributed by atoms with Gasteiger partial charge in [0.1, 0.15) is 5.60 Å². The van der Waals surface area contributed by atoms with Crippen molar-refractivity contribution in [3.63, 3.8) is 0 Å². The molecule has 1 unspecified atom stereocenters. The van der Waals surface area contributed by atoms with E-state index in [0.717, 1.165) is 0 Å². The van der Waals surface area contributed by atoms with Crippen LogP contribution in [-0.4, -0.2) is 16.3 Å². The van der Waals surface area contributed by atoms with Crippen molar-refractivity contribution < 1.29 is 10.2 Å². The molecule has 0 aromatic heterocycles. The van der Waals surface area contributed by atoms with Gasteiger partial charge in [-0.1, -0.05) is 42.5 Å². The molecule has 2 atom stereocenters. The summed E-state index contributed by atoms with van der Waals surface area (Å²) >= 11 is 0. The van der Waals surface area contributed by atoms with Gasteiger partial charge in [0, 0.05) is 6.42 Å². The summed E-state index contributed by atoms with van der Waals surface area (Å²) in [5.74, 6) is 0. The highest BCUT2D eigenvalue weighted by Crippen LogP contribution is 2.30. The zero-order valence-corrected chi connectivity index (χ0v) is 9.34. The summed E-state index contributed by atoms with van der Waals surface area (Å²) in [5, 5.41) is 20.5. The van der Waals surface area contributed by atoms with E-state index >= 15 is 0 Å². The lowest BCUT2D eigenvalue weighted by atomic mass is 9.84. The van der Waals surface area contributed by atoms with Crippen LogP contribution in [0.3, 0.4) is 0 Å². The van der Waals surface area contributed by atoms with Crippen LogP contribution in [0.5, 0.6) is 0 Å². The normalized spacial score (nSPS) is 16.1. The molecule has 0 heterocycles. The predicted octanol–water partition coefficient (Wildman–Crippen LogP) is 2.39. The molecule has 1 rings (SSSR count). The number of hydrogen-bond donors (Lipinski definition) is 2. The molecule has 2 heteroatoms. The van der Waals surface area contributed by atoms with E-state index in [2.05, 4.69) is 13.2 Å². The molecule has 0 fully saturated rings. The summed E-state index contributed by atoms with van der Waals surface area (Å²) in [6.45, 7) is 7.19. The number of benzene rings is 1. The maximum absolute atomic E-state index is 10.5. The first-order valence-corrected chi connectivity index (χ1v) is 5.33. The van der Waals surface area contributed by atoms with E-state index in [9.17, 15) is 10.2 Å². The topological polar surface area (TPSA) is 40.5 Å². The first-order valence-electron chi connectivity index (χ1n) is 5.33. The SMILES string of the molecule is C=CCC(O)[C@](O)(CC=C)c1ccccc1. The molecule has 0 spiro atoms. The zero-order chi connectivity index (χ0) is 12.0. The molecule has 0 aliphatic carbocycles. The second-order valence-electron chi connectivity index (χ2n) is 3.82. The maximum atomic E-state index is 10.5. The average Bonchev–Trinajstić information content (AvgIpc) is 2.30. The molecular formula is C14H18O2. The number of aliphatic hydroxyl groups is 2. The molecule has 2 nitrogen and oxygen atoms in total. The van der Waals surface area contributed by atoms with Crippen molar-refractivity contribution in [3.05, 3.63) is 61.2 Å². The highest BCUT2D eigenvalue weighted by atomic mass is 16.3. The lowest BCUT2D eigenvalue weighted by Crippen LogP contribution is -2.38. The Kier molecular flexibility index (Phi) is 4.47.